The zero-order valence-corrected chi connectivity index (χ0v) is 12.2. The second-order valence-electron chi connectivity index (χ2n) is 4.77. The summed E-state index contributed by atoms with van der Waals surface area (Å²) >= 11 is 3.36. The Labute approximate surface area is 117 Å². The topological polar surface area (TPSA) is 54.2 Å². The molecule has 1 fully saturated rings. The summed E-state index contributed by atoms with van der Waals surface area (Å²) in [5.74, 6) is 0.785. The van der Waals surface area contributed by atoms with Gasteiger partial charge in [0.05, 0.1) is 5.69 Å². The van der Waals surface area contributed by atoms with Crippen molar-refractivity contribution in [3.8, 4) is 0 Å². The molecule has 0 radical (unpaired) electrons. The lowest BCUT2D eigenvalue weighted by molar-refractivity contribution is 0.296. The normalized spacial score (nSPS) is 17.4. The first-order valence-electron chi connectivity index (χ1n) is 6.63. The van der Waals surface area contributed by atoms with Crippen molar-refractivity contribution < 1.29 is 0 Å². The van der Waals surface area contributed by atoms with Crippen LogP contribution in [0, 0.1) is 0 Å². The highest BCUT2D eigenvalue weighted by Gasteiger charge is 2.08. The number of pyridine rings is 1. The lowest BCUT2D eigenvalue weighted by atomic mass is 10.2. The Morgan fingerprint density at radius 2 is 2.00 bits per heavy atom. The molecule has 3 N–H and O–H groups in total. The molecule has 5 heteroatoms. The van der Waals surface area contributed by atoms with E-state index in [0.29, 0.717) is 5.69 Å². The van der Waals surface area contributed by atoms with Gasteiger partial charge in [-0.15, -0.1) is 0 Å². The van der Waals surface area contributed by atoms with Crippen LogP contribution in [-0.2, 0) is 0 Å². The van der Waals surface area contributed by atoms with Gasteiger partial charge in [0.2, 0.25) is 0 Å². The molecular weight excluding hydrogens is 292 g/mol. The Morgan fingerprint density at radius 1 is 1.28 bits per heavy atom. The van der Waals surface area contributed by atoms with Gasteiger partial charge in [-0.05, 0) is 47.9 Å². The number of hydrogen-bond donors (Lipinski definition) is 2. The Kier molecular flexibility index (Phi) is 5.26. The van der Waals surface area contributed by atoms with Gasteiger partial charge in [0, 0.05) is 23.8 Å². The number of aromatic nitrogens is 1. The zero-order chi connectivity index (χ0) is 12.8. The zero-order valence-electron chi connectivity index (χ0n) is 10.7. The van der Waals surface area contributed by atoms with Crippen molar-refractivity contribution in [2.45, 2.75) is 25.7 Å². The van der Waals surface area contributed by atoms with Gasteiger partial charge in [0.15, 0.2) is 0 Å². The number of likely N-dealkylation sites (tertiary alicyclic amines) is 1. The Morgan fingerprint density at radius 3 is 2.67 bits per heavy atom. The third-order valence-corrected chi connectivity index (χ3v) is 3.74. The average Bonchev–Trinajstić information content (AvgIpc) is 2.60. The molecular formula is C13H21BrN4. The minimum atomic E-state index is 0.695. The SMILES string of the molecule is Nc1cc(Br)cnc1NCCN1CCCCCC1. The van der Waals surface area contributed by atoms with Gasteiger partial charge < -0.3 is 16.0 Å². The van der Waals surface area contributed by atoms with Crippen molar-refractivity contribution in [3.63, 3.8) is 0 Å². The van der Waals surface area contributed by atoms with E-state index >= 15 is 0 Å². The van der Waals surface area contributed by atoms with Crippen molar-refractivity contribution in [1.82, 2.24) is 9.88 Å². The van der Waals surface area contributed by atoms with Crippen LogP contribution < -0.4 is 11.1 Å². The molecule has 1 aromatic rings. The highest BCUT2D eigenvalue weighted by atomic mass is 79.9. The predicted octanol–water partition coefficient (Wildman–Crippen LogP) is 2.71. The van der Waals surface area contributed by atoms with Gasteiger partial charge in [-0.1, -0.05) is 12.8 Å². The number of nitrogens with two attached hydrogens (primary N) is 1. The number of nitrogens with zero attached hydrogens (tertiary/aromatic N) is 2. The van der Waals surface area contributed by atoms with Gasteiger partial charge in [0.25, 0.3) is 0 Å². The standard InChI is InChI=1S/C13H21BrN4/c14-11-9-12(15)13(17-10-11)16-5-8-18-6-3-1-2-4-7-18/h9-10H,1-8,15H2,(H,16,17). The molecule has 1 saturated heterocycles. The summed E-state index contributed by atoms with van der Waals surface area (Å²) in [6, 6.07) is 1.88. The molecule has 0 amide bonds. The van der Waals surface area contributed by atoms with E-state index in [1.54, 1.807) is 6.20 Å². The first-order valence-corrected chi connectivity index (χ1v) is 7.42. The maximum Gasteiger partial charge on any atom is 0.149 e. The first kappa shape index (κ1) is 13.6. The third-order valence-electron chi connectivity index (χ3n) is 3.30. The van der Waals surface area contributed by atoms with Crippen LogP contribution in [-0.4, -0.2) is 36.1 Å². The molecule has 0 spiro atoms. The largest absolute Gasteiger partial charge is 0.396 e. The van der Waals surface area contributed by atoms with Crippen LogP contribution in [0.4, 0.5) is 11.5 Å². The summed E-state index contributed by atoms with van der Waals surface area (Å²) in [5.41, 5.74) is 6.59. The summed E-state index contributed by atoms with van der Waals surface area (Å²) in [5, 5.41) is 3.31. The van der Waals surface area contributed by atoms with E-state index in [-0.39, 0.29) is 0 Å². The minimum absolute atomic E-state index is 0.695. The van der Waals surface area contributed by atoms with Gasteiger partial charge in [-0.3, -0.25) is 0 Å². The molecule has 0 aromatic carbocycles. The second-order valence-corrected chi connectivity index (χ2v) is 5.69. The molecule has 0 saturated carbocycles. The molecule has 0 atom stereocenters. The molecule has 100 valence electrons. The fourth-order valence-electron chi connectivity index (χ4n) is 2.29. The monoisotopic (exact) mass is 312 g/mol. The molecule has 1 aliphatic rings. The smallest absolute Gasteiger partial charge is 0.149 e. The van der Waals surface area contributed by atoms with Crippen LogP contribution in [0.1, 0.15) is 25.7 Å². The van der Waals surface area contributed by atoms with Crippen LogP contribution >= 0.6 is 15.9 Å². The second kappa shape index (κ2) is 6.95. The molecule has 18 heavy (non-hydrogen) atoms. The number of rotatable bonds is 4. The van der Waals surface area contributed by atoms with Gasteiger partial charge in [0.1, 0.15) is 5.82 Å². The summed E-state index contributed by atoms with van der Waals surface area (Å²) in [6.07, 6.45) is 7.19. The molecule has 1 aliphatic heterocycles. The quantitative estimate of drug-likeness (QED) is 0.897. The Bertz CT molecular complexity index is 375. The highest BCUT2D eigenvalue weighted by molar-refractivity contribution is 9.10. The fraction of sp³-hybridized carbons (Fsp3) is 0.615. The molecule has 2 heterocycles. The van der Waals surface area contributed by atoms with E-state index < -0.39 is 0 Å². The summed E-state index contributed by atoms with van der Waals surface area (Å²) in [7, 11) is 0. The van der Waals surface area contributed by atoms with Crippen LogP contribution in [0.15, 0.2) is 16.7 Å². The lowest BCUT2D eigenvalue weighted by Crippen LogP contribution is -2.30. The Hall–Kier alpha value is -0.810. The fourth-order valence-corrected chi connectivity index (χ4v) is 2.64. The van der Waals surface area contributed by atoms with Gasteiger partial charge >= 0.3 is 0 Å². The Balaban J connectivity index is 1.77. The van der Waals surface area contributed by atoms with E-state index in [1.807, 2.05) is 6.07 Å². The average molecular weight is 313 g/mol. The molecule has 0 bridgehead atoms. The molecule has 0 unspecified atom stereocenters. The first-order chi connectivity index (χ1) is 8.75. The van der Waals surface area contributed by atoms with Crippen molar-refractivity contribution in [1.29, 1.82) is 0 Å². The van der Waals surface area contributed by atoms with Crippen LogP contribution in [0.3, 0.4) is 0 Å². The summed E-state index contributed by atoms with van der Waals surface area (Å²) < 4.78 is 0.915. The van der Waals surface area contributed by atoms with E-state index in [9.17, 15) is 0 Å². The molecule has 0 aliphatic carbocycles. The number of halogens is 1. The number of nitrogen functional groups attached to an aromatic ring is 1. The highest BCUT2D eigenvalue weighted by Crippen LogP contribution is 2.19. The van der Waals surface area contributed by atoms with Crippen molar-refractivity contribution >= 4 is 27.4 Å². The van der Waals surface area contributed by atoms with E-state index in [0.717, 1.165) is 23.4 Å². The number of nitrogens with one attached hydrogen (secondary N) is 1. The van der Waals surface area contributed by atoms with E-state index in [1.165, 1.54) is 38.8 Å². The third kappa shape index (κ3) is 4.14. The van der Waals surface area contributed by atoms with Gasteiger partial charge in [-0.25, -0.2) is 4.98 Å². The predicted molar refractivity (Wildman–Crippen MR) is 79.7 cm³/mol. The number of hydrogen-bond acceptors (Lipinski definition) is 4. The number of anilines is 2. The van der Waals surface area contributed by atoms with Crippen molar-refractivity contribution in [3.05, 3.63) is 16.7 Å². The molecule has 1 aromatic heterocycles. The molecule has 4 nitrogen and oxygen atoms in total. The van der Waals surface area contributed by atoms with Crippen LogP contribution in [0.2, 0.25) is 0 Å². The van der Waals surface area contributed by atoms with E-state index in [2.05, 4.69) is 31.1 Å². The van der Waals surface area contributed by atoms with Crippen LogP contribution in [0.25, 0.3) is 0 Å². The maximum absolute atomic E-state index is 5.90. The maximum atomic E-state index is 5.90. The molecule has 2 rings (SSSR count). The van der Waals surface area contributed by atoms with Crippen LogP contribution in [0.5, 0.6) is 0 Å². The van der Waals surface area contributed by atoms with Crippen molar-refractivity contribution in [2.24, 2.45) is 0 Å². The minimum Gasteiger partial charge on any atom is -0.396 e. The lowest BCUT2D eigenvalue weighted by Gasteiger charge is -2.20. The van der Waals surface area contributed by atoms with Crippen molar-refractivity contribution in [2.75, 3.05) is 37.2 Å². The van der Waals surface area contributed by atoms with E-state index in [4.69, 9.17) is 5.73 Å². The van der Waals surface area contributed by atoms with Gasteiger partial charge in [-0.2, -0.15) is 0 Å². The summed E-state index contributed by atoms with van der Waals surface area (Å²) in [4.78, 5) is 6.80. The summed E-state index contributed by atoms with van der Waals surface area (Å²) in [6.45, 7) is 4.42.